The second kappa shape index (κ2) is 10.1. The summed E-state index contributed by atoms with van der Waals surface area (Å²) in [5.41, 5.74) is 2.03. The third kappa shape index (κ3) is 5.71. The lowest BCUT2D eigenvalue weighted by Crippen LogP contribution is -2.42. The molecule has 1 aromatic heterocycles. The number of aromatic amines is 1. The van der Waals surface area contributed by atoms with E-state index in [1.165, 1.54) is 0 Å². The molecule has 0 bridgehead atoms. The summed E-state index contributed by atoms with van der Waals surface area (Å²) in [5.74, 6) is -0.245. The molecule has 0 saturated carbocycles. The Morgan fingerprint density at radius 1 is 1.21 bits per heavy atom. The molecule has 2 N–H and O–H groups in total. The van der Waals surface area contributed by atoms with Gasteiger partial charge in [-0.25, -0.2) is 14.6 Å². The fourth-order valence-electron chi connectivity index (χ4n) is 3.84. The van der Waals surface area contributed by atoms with Crippen LogP contribution in [-0.2, 0) is 27.1 Å². The standard InChI is InChI=1S/C24H32N4O5/c1-6-10-16-20(22(30)32-7-2)27-21(26-16)18-13-15-11-8-9-12-17(15)28(18)19(29)14-25-23(31)33-24(3,4)5/h8-9,11-12,18H,6-7,10,13-14H2,1-5H3,(H,25,31)(H,26,27). The second-order valence-electron chi connectivity index (χ2n) is 8.88. The average Bonchev–Trinajstić information content (AvgIpc) is 3.33. The summed E-state index contributed by atoms with van der Waals surface area (Å²) >= 11 is 0. The molecular formula is C24H32N4O5. The second-order valence-corrected chi connectivity index (χ2v) is 8.88. The van der Waals surface area contributed by atoms with Crippen molar-refractivity contribution in [3.63, 3.8) is 0 Å². The fraction of sp³-hybridized carbons (Fsp3) is 0.500. The van der Waals surface area contributed by atoms with Gasteiger partial charge >= 0.3 is 12.1 Å². The van der Waals surface area contributed by atoms with Crippen molar-refractivity contribution in [3.05, 3.63) is 47.0 Å². The molecule has 1 aliphatic rings. The van der Waals surface area contributed by atoms with Gasteiger partial charge in [-0.1, -0.05) is 31.5 Å². The SMILES string of the molecule is CCCc1nc(C2Cc3ccccc3N2C(=O)CNC(=O)OC(C)(C)C)[nH]c1C(=O)OCC. The highest BCUT2D eigenvalue weighted by Crippen LogP contribution is 2.39. The van der Waals surface area contributed by atoms with Gasteiger partial charge in [0, 0.05) is 12.1 Å². The molecule has 0 spiro atoms. The Hall–Kier alpha value is -3.36. The maximum atomic E-state index is 13.2. The van der Waals surface area contributed by atoms with Crippen molar-refractivity contribution in [1.82, 2.24) is 15.3 Å². The van der Waals surface area contributed by atoms with Gasteiger partial charge in [-0.2, -0.15) is 0 Å². The molecule has 2 heterocycles. The highest BCUT2D eigenvalue weighted by Gasteiger charge is 2.37. The number of esters is 1. The number of H-pyrrole nitrogens is 1. The van der Waals surface area contributed by atoms with Crippen molar-refractivity contribution in [3.8, 4) is 0 Å². The Morgan fingerprint density at radius 3 is 2.61 bits per heavy atom. The van der Waals surface area contributed by atoms with Crippen LogP contribution >= 0.6 is 0 Å². The number of alkyl carbamates (subject to hydrolysis) is 1. The number of hydrogen-bond donors (Lipinski definition) is 2. The Morgan fingerprint density at radius 2 is 1.94 bits per heavy atom. The number of carbonyl (C=O) groups is 3. The first-order valence-electron chi connectivity index (χ1n) is 11.3. The normalized spacial score (nSPS) is 15.2. The first kappa shape index (κ1) is 24.3. The van der Waals surface area contributed by atoms with Gasteiger partial charge in [-0.15, -0.1) is 0 Å². The lowest BCUT2D eigenvalue weighted by Gasteiger charge is -2.25. The van der Waals surface area contributed by atoms with Gasteiger partial charge in [-0.05, 0) is 45.7 Å². The molecule has 2 aromatic rings. The van der Waals surface area contributed by atoms with Crippen LogP contribution in [0.15, 0.2) is 24.3 Å². The summed E-state index contributed by atoms with van der Waals surface area (Å²) in [6, 6.07) is 7.16. The van der Waals surface area contributed by atoms with E-state index in [0.717, 1.165) is 17.7 Å². The van der Waals surface area contributed by atoms with Crippen LogP contribution in [0.3, 0.4) is 0 Å². The Bertz CT molecular complexity index is 1020. The third-order valence-corrected chi connectivity index (χ3v) is 5.11. The van der Waals surface area contributed by atoms with E-state index >= 15 is 0 Å². The van der Waals surface area contributed by atoms with Crippen molar-refractivity contribution in [2.75, 3.05) is 18.1 Å². The molecular weight excluding hydrogens is 424 g/mol. The summed E-state index contributed by atoms with van der Waals surface area (Å²) in [6.45, 7) is 9.06. The van der Waals surface area contributed by atoms with Crippen LogP contribution in [0, 0.1) is 0 Å². The minimum atomic E-state index is -0.663. The van der Waals surface area contributed by atoms with Crippen molar-refractivity contribution in [2.24, 2.45) is 0 Å². The number of nitrogens with zero attached hydrogens (tertiary/aromatic N) is 2. The molecule has 1 atom stereocenters. The number of anilines is 1. The minimum Gasteiger partial charge on any atom is -0.461 e. The predicted molar refractivity (Wildman–Crippen MR) is 123 cm³/mol. The predicted octanol–water partition coefficient (Wildman–Crippen LogP) is 3.69. The summed E-state index contributed by atoms with van der Waals surface area (Å²) in [4.78, 5) is 47.2. The Kier molecular flexibility index (Phi) is 7.40. The third-order valence-electron chi connectivity index (χ3n) is 5.11. The molecule has 2 amide bonds. The van der Waals surface area contributed by atoms with Crippen LogP contribution in [0.4, 0.5) is 10.5 Å². The molecule has 1 unspecified atom stereocenters. The van der Waals surface area contributed by atoms with Crippen molar-refractivity contribution >= 4 is 23.7 Å². The molecule has 33 heavy (non-hydrogen) atoms. The number of ether oxygens (including phenoxy) is 2. The number of nitrogens with one attached hydrogen (secondary N) is 2. The molecule has 9 heteroatoms. The fourth-order valence-corrected chi connectivity index (χ4v) is 3.84. The molecule has 1 aromatic carbocycles. The van der Waals surface area contributed by atoms with Gasteiger partial charge in [0.1, 0.15) is 23.7 Å². The molecule has 0 aliphatic carbocycles. The molecule has 0 saturated heterocycles. The zero-order valence-corrected chi connectivity index (χ0v) is 19.9. The van der Waals surface area contributed by atoms with Crippen molar-refractivity contribution in [2.45, 2.75) is 65.5 Å². The van der Waals surface area contributed by atoms with Crippen LogP contribution < -0.4 is 10.2 Å². The molecule has 3 rings (SSSR count). The zero-order chi connectivity index (χ0) is 24.2. The summed E-state index contributed by atoms with van der Waals surface area (Å²) in [6.07, 6.45) is 1.30. The first-order valence-corrected chi connectivity index (χ1v) is 11.3. The van der Waals surface area contributed by atoms with Crippen LogP contribution in [0.1, 0.15) is 74.7 Å². The summed E-state index contributed by atoms with van der Waals surface area (Å²) in [5, 5.41) is 2.53. The number of carbonyl (C=O) groups excluding carboxylic acids is 3. The van der Waals surface area contributed by atoms with Crippen LogP contribution in [0.2, 0.25) is 0 Å². The average molecular weight is 457 g/mol. The van der Waals surface area contributed by atoms with E-state index in [-0.39, 0.29) is 19.1 Å². The van der Waals surface area contributed by atoms with E-state index in [0.29, 0.717) is 30.1 Å². The Labute approximate surface area is 193 Å². The first-order chi connectivity index (χ1) is 15.6. The van der Waals surface area contributed by atoms with Crippen molar-refractivity contribution in [1.29, 1.82) is 0 Å². The van der Waals surface area contributed by atoms with E-state index < -0.39 is 23.7 Å². The molecule has 1 aliphatic heterocycles. The number of aryl methyl sites for hydroxylation is 1. The highest BCUT2D eigenvalue weighted by atomic mass is 16.6. The number of imidazole rings is 1. The topological polar surface area (TPSA) is 114 Å². The maximum Gasteiger partial charge on any atom is 0.408 e. The lowest BCUT2D eigenvalue weighted by atomic mass is 10.1. The molecule has 0 radical (unpaired) electrons. The number of amides is 2. The van der Waals surface area contributed by atoms with Gasteiger partial charge in [0.25, 0.3) is 0 Å². The van der Waals surface area contributed by atoms with Crippen LogP contribution in [0.5, 0.6) is 0 Å². The molecule has 178 valence electrons. The number of rotatable bonds is 7. The lowest BCUT2D eigenvalue weighted by molar-refractivity contribution is -0.118. The van der Waals surface area contributed by atoms with E-state index in [9.17, 15) is 14.4 Å². The highest BCUT2D eigenvalue weighted by molar-refractivity contribution is 5.99. The molecule has 9 nitrogen and oxygen atoms in total. The van der Waals surface area contributed by atoms with Crippen LogP contribution in [-0.4, -0.2) is 46.7 Å². The van der Waals surface area contributed by atoms with Gasteiger partial charge < -0.3 is 19.8 Å². The van der Waals surface area contributed by atoms with E-state index in [4.69, 9.17) is 9.47 Å². The number of hydrogen-bond acceptors (Lipinski definition) is 6. The zero-order valence-electron chi connectivity index (χ0n) is 19.9. The number of para-hydroxylation sites is 1. The van der Waals surface area contributed by atoms with Gasteiger partial charge in [-0.3, -0.25) is 9.69 Å². The van der Waals surface area contributed by atoms with Gasteiger partial charge in [0.15, 0.2) is 0 Å². The van der Waals surface area contributed by atoms with E-state index in [1.807, 2.05) is 31.2 Å². The number of fused-ring (bicyclic) bond motifs is 1. The van der Waals surface area contributed by atoms with Gasteiger partial charge in [0.05, 0.1) is 18.3 Å². The van der Waals surface area contributed by atoms with E-state index in [1.54, 1.807) is 32.6 Å². The van der Waals surface area contributed by atoms with Crippen LogP contribution in [0.25, 0.3) is 0 Å². The van der Waals surface area contributed by atoms with Gasteiger partial charge in [0.2, 0.25) is 5.91 Å². The number of benzene rings is 1. The smallest absolute Gasteiger partial charge is 0.408 e. The summed E-state index contributed by atoms with van der Waals surface area (Å²) in [7, 11) is 0. The largest absolute Gasteiger partial charge is 0.461 e. The molecule has 0 fully saturated rings. The minimum absolute atomic E-state index is 0.229. The van der Waals surface area contributed by atoms with Crippen molar-refractivity contribution < 1.29 is 23.9 Å². The maximum absolute atomic E-state index is 13.2. The number of aromatic nitrogens is 2. The Balaban J connectivity index is 1.88. The summed E-state index contributed by atoms with van der Waals surface area (Å²) < 4.78 is 10.4. The monoisotopic (exact) mass is 456 g/mol. The van der Waals surface area contributed by atoms with E-state index in [2.05, 4.69) is 15.3 Å². The quantitative estimate of drug-likeness (QED) is 0.614.